The van der Waals surface area contributed by atoms with Crippen molar-refractivity contribution in [3.8, 4) is 0 Å². The van der Waals surface area contributed by atoms with E-state index in [4.69, 9.17) is 0 Å². The summed E-state index contributed by atoms with van der Waals surface area (Å²) >= 11 is 0. The van der Waals surface area contributed by atoms with E-state index in [-0.39, 0.29) is 11.7 Å². The Balaban J connectivity index is 1.80. The molecule has 2 N–H and O–H groups in total. The van der Waals surface area contributed by atoms with E-state index in [1.165, 1.54) is 12.1 Å². The molecule has 0 fully saturated rings. The van der Waals surface area contributed by atoms with Crippen LogP contribution in [0.3, 0.4) is 0 Å². The second-order valence-electron chi connectivity index (χ2n) is 5.11. The zero-order chi connectivity index (χ0) is 15.2. The number of amides is 1. The monoisotopic (exact) mass is 286 g/mol. The summed E-state index contributed by atoms with van der Waals surface area (Å²) in [5, 5.41) is 5.96. The zero-order valence-electron chi connectivity index (χ0n) is 12.2. The van der Waals surface area contributed by atoms with Gasteiger partial charge in [0, 0.05) is 24.3 Å². The van der Waals surface area contributed by atoms with Crippen molar-refractivity contribution in [3.05, 3.63) is 59.4 Å². The molecular formula is C17H19FN2O. The molecule has 0 radical (unpaired) electrons. The Kier molecular flexibility index (Phi) is 4.93. The molecule has 0 saturated carbocycles. The standard InChI is InChI=1S/C17H19FN2O/c1-12-9-13(2)11-16(10-12)20-17(21)7-8-19-15-5-3-14(18)4-6-15/h3-6,9-11,19H,7-8H2,1-2H3,(H,20,21). The van der Waals surface area contributed by atoms with Crippen molar-refractivity contribution in [2.45, 2.75) is 20.3 Å². The van der Waals surface area contributed by atoms with Crippen molar-refractivity contribution in [1.29, 1.82) is 0 Å². The Bertz CT molecular complexity index is 603. The first-order chi connectivity index (χ1) is 10.0. The molecule has 0 saturated heterocycles. The fourth-order valence-electron chi connectivity index (χ4n) is 2.16. The normalized spacial score (nSPS) is 10.2. The van der Waals surface area contributed by atoms with Gasteiger partial charge in [-0.3, -0.25) is 4.79 Å². The number of benzene rings is 2. The van der Waals surface area contributed by atoms with Gasteiger partial charge in [-0.1, -0.05) is 6.07 Å². The maximum Gasteiger partial charge on any atom is 0.226 e. The van der Waals surface area contributed by atoms with Crippen LogP contribution in [0, 0.1) is 19.7 Å². The van der Waals surface area contributed by atoms with Crippen LogP contribution >= 0.6 is 0 Å². The van der Waals surface area contributed by atoms with Gasteiger partial charge in [0.15, 0.2) is 0 Å². The van der Waals surface area contributed by atoms with E-state index in [9.17, 15) is 9.18 Å². The van der Waals surface area contributed by atoms with Gasteiger partial charge in [0.05, 0.1) is 0 Å². The number of hydrogen-bond acceptors (Lipinski definition) is 2. The third-order valence-corrected chi connectivity index (χ3v) is 3.03. The molecule has 2 rings (SSSR count). The van der Waals surface area contributed by atoms with Gasteiger partial charge >= 0.3 is 0 Å². The molecule has 2 aromatic carbocycles. The molecule has 0 unspecified atom stereocenters. The molecule has 0 atom stereocenters. The first kappa shape index (κ1) is 15.0. The van der Waals surface area contributed by atoms with E-state index in [2.05, 4.69) is 16.7 Å². The Morgan fingerprint density at radius 3 is 2.24 bits per heavy atom. The molecule has 3 nitrogen and oxygen atoms in total. The average Bonchev–Trinajstić information content (AvgIpc) is 2.39. The quantitative estimate of drug-likeness (QED) is 0.875. The molecule has 21 heavy (non-hydrogen) atoms. The van der Waals surface area contributed by atoms with E-state index in [1.54, 1.807) is 12.1 Å². The number of rotatable bonds is 5. The summed E-state index contributed by atoms with van der Waals surface area (Å²) in [5.74, 6) is -0.317. The Morgan fingerprint density at radius 2 is 1.62 bits per heavy atom. The molecule has 110 valence electrons. The molecule has 2 aromatic rings. The number of carbonyl (C=O) groups excluding carboxylic acids is 1. The molecule has 0 aliphatic rings. The van der Waals surface area contributed by atoms with Crippen LogP contribution in [-0.4, -0.2) is 12.5 Å². The number of carbonyl (C=O) groups is 1. The average molecular weight is 286 g/mol. The lowest BCUT2D eigenvalue weighted by molar-refractivity contribution is -0.115. The number of nitrogens with one attached hydrogen (secondary N) is 2. The smallest absolute Gasteiger partial charge is 0.226 e. The summed E-state index contributed by atoms with van der Waals surface area (Å²) < 4.78 is 12.8. The SMILES string of the molecule is Cc1cc(C)cc(NC(=O)CCNc2ccc(F)cc2)c1. The van der Waals surface area contributed by atoms with Gasteiger partial charge in [0.25, 0.3) is 0 Å². The first-order valence-electron chi connectivity index (χ1n) is 6.90. The van der Waals surface area contributed by atoms with E-state index < -0.39 is 0 Å². The van der Waals surface area contributed by atoms with Gasteiger partial charge in [-0.25, -0.2) is 4.39 Å². The lowest BCUT2D eigenvalue weighted by atomic mass is 10.1. The van der Waals surface area contributed by atoms with Crippen molar-refractivity contribution < 1.29 is 9.18 Å². The number of hydrogen-bond donors (Lipinski definition) is 2. The van der Waals surface area contributed by atoms with Gasteiger partial charge < -0.3 is 10.6 Å². The molecule has 0 aliphatic heterocycles. The maximum atomic E-state index is 12.8. The Hall–Kier alpha value is -2.36. The van der Waals surface area contributed by atoms with Crippen LogP contribution in [0.1, 0.15) is 17.5 Å². The molecule has 0 aromatic heterocycles. The minimum absolute atomic E-state index is 0.0467. The molecule has 4 heteroatoms. The van der Waals surface area contributed by atoms with Gasteiger partial charge in [-0.15, -0.1) is 0 Å². The highest BCUT2D eigenvalue weighted by atomic mass is 19.1. The van der Waals surface area contributed by atoms with Crippen LogP contribution in [0.15, 0.2) is 42.5 Å². The predicted molar refractivity (Wildman–Crippen MR) is 84.1 cm³/mol. The van der Waals surface area contributed by atoms with Gasteiger partial charge in [0.2, 0.25) is 5.91 Å². The minimum atomic E-state index is -0.270. The fourth-order valence-corrected chi connectivity index (χ4v) is 2.16. The molecule has 1 amide bonds. The van der Waals surface area contributed by atoms with E-state index in [0.29, 0.717) is 13.0 Å². The minimum Gasteiger partial charge on any atom is -0.385 e. The van der Waals surface area contributed by atoms with Crippen LogP contribution in [0.5, 0.6) is 0 Å². The van der Waals surface area contributed by atoms with Crippen molar-refractivity contribution >= 4 is 17.3 Å². The Morgan fingerprint density at radius 1 is 1.00 bits per heavy atom. The van der Waals surface area contributed by atoms with Gasteiger partial charge in [-0.2, -0.15) is 0 Å². The van der Waals surface area contributed by atoms with E-state index in [1.807, 2.05) is 26.0 Å². The van der Waals surface area contributed by atoms with E-state index >= 15 is 0 Å². The summed E-state index contributed by atoms with van der Waals surface area (Å²) in [6.07, 6.45) is 0.352. The molecule has 0 heterocycles. The third kappa shape index (κ3) is 4.91. The number of aryl methyl sites for hydroxylation is 2. The number of anilines is 2. The van der Waals surface area contributed by atoms with Crippen LogP contribution in [0.4, 0.5) is 15.8 Å². The molecular weight excluding hydrogens is 267 g/mol. The van der Waals surface area contributed by atoms with Gasteiger partial charge in [-0.05, 0) is 61.4 Å². The summed E-state index contributed by atoms with van der Waals surface area (Å²) in [4.78, 5) is 11.9. The van der Waals surface area contributed by atoms with Crippen molar-refractivity contribution in [1.82, 2.24) is 0 Å². The van der Waals surface area contributed by atoms with Crippen LogP contribution in [0.25, 0.3) is 0 Å². The lowest BCUT2D eigenvalue weighted by Crippen LogP contribution is -2.16. The molecule has 0 spiro atoms. The van der Waals surface area contributed by atoms with Crippen molar-refractivity contribution in [2.75, 3.05) is 17.2 Å². The van der Waals surface area contributed by atoms with Crippen LogP contribution in [-0.2, 0) is 4.79 Å². The predicted octanol–water partition coefficient (Wildman–Crippen LogP) is 3.88. The summed E-state index contributed by atoms with van der Waals surface area (Å²) in [6, 6.07) is 12.0. The van der Waals surface area contributed by atoms with Crippen LogP contribution in [0.2, 0.25) is 0 Å². The molecule has 0 bridgehead atoms. The van der Waals surface area contributed by atoms with Crippen molar-refractivity contribution in [2.24, 2.45) is 0 Å². The van der Waals surface area contributed by atoms with Gasteiger partial charge in [0.1, 0.15) is 5.82 Å². The lowest BCUT2D eigenvalue weighted by Gasteiger charge is -2.09. The second kappa shape index (κ2) is 6.88. The zero-order valence-corrected chi connectivity index (χ0v) is 12.2. The highest BCUT2D eigenvalue weighted by molar-refractivity contribution is 5.91. The topological polar surface area (TPSA) is 41.1 Å². The summed E-state index contributed by atoms with van der Waals surface area (Å²) in [5.41, 5.74) is 3.86. The van der Waals surface area contributed by atoms with Crippen LogP contribution < -0.4 is 10.6 Å². The Labute approximate surface area is 124 Å². The first-order valence-corrected chi connectivity index (χ1v) is 6.90. The second-order valence-corrected chi connectivity index (χ2v) is 5.11. The fraction of sp³-hybridized carbons (Fsp3) is 0.235. The van der Waals surface area contributed by atoms with Crippen molar-refractivity contribution in [3.63, 3.8) is 0 Å². The largest absolute Gasteiger partial charge is 0.385 e. The highest BCUT2D eigenvalue weighted by Crippen LogP contribution is 2.14. The summed E-state index contributed by atoms with van der Waals surface area (Å²) in [6.45, 7) is 4.50. The maximum absolute atomic E-state index is 12.8. The molecule has 0 aliphatic carbocycles. The van der Waals surface area contributed by atoms with E-state index in [0.717, 1.165) is 22.5 Å². The third-order valence-electron chi connectivity index (χ3n) is 3.03. The number of halogens is 1. The summed E-state index contributed by atoms with van der Waals surface area (Å²) in [7, 11) is 0. The highest BCUT2D eigenvalue weighted by Gasteiger charge is 2.03.